The van der Waals surface area contributed by atoms with Crippen molar-refractivity contribution in [2.75, 3.05) is 11.5 Å². The summed E-state index contributed by atoms with van der Waals surface area (Å²) in [5.74, 6) is 0. The molecule has 3 heteroatoms. The molecular weight excluding hydrogens is 229 g/mol. The molecule has 0 aliphatic heterocycles. The van der Waals surface area contributed by atoms with Crippen LogP contribution in [-0.4, -0.2) is 22.7 Å². The van der Waals surface area contributed by atoms with Crippen LogP contribution in [0.15, 0.2) is 12.3 Å². The molecule has 0 rings (SSSR count). The molecule has 1 atom stereocenters. The quantitative estimate of drug-likeness (QED) is 0.566. The number of aliphatic hydroxyl groups excluding tert-OH is 1. The molecule has 0 aromatic rings. The second-order valence-electron chi connectivity index (χ2n) is 1.73. The van der Waals surface area contributed by atoms with Crippen LogP contribution in [0.25, 0.3) is 0 Å². The maximum atomic E-state index is 9.00. The van der Waals surface area contributed by atoms with Crippen LogP contribution >= 0.6 is 22.6 Å². The van der Waals surface area contributed by atoms with Gasteiger partial charge in [0.1, 0.15) is 0 Å². The maximum Gasteiger partial charge on any atom is 0.0664 e. The van der Waals surface area contributed by atoms with Gasteiger partial charge in [-0.3, -0.25) is 0 Å². The highest BCUT2D eigenvalue weighted by atomic mass is 127. The minimum Gasteiger partial charge on any atom is -0.394 e. The van der Waals surface area contributed by atoms with Crippen LogP contribution in [0, 0.1) is 0 Å². The van der Waals surface area contributed by atoms with Crippen molar-refractivity contribution < 1.29 is 5.11 Å². The van der Waals surface area contributed by atoms with Crippen LogP contribution < -0.4 is 5.32 Å². The summed E-state index contributed by atoms with van der Waals surface area (Å²) in [6, 6.07) is 0. The molecule has 0 spiro atoms. The number of hydrogen-bond donors (Lipinski definition) is 2. The Morgan fingerprint density at radius 2 is 2.44 bits per heavy atom. The normalized spacial score (nSPS) is 14.1. The van der Waals surface area contributed by atoms with Gasteiger partial charge < -0.3 is 10.4 Å². The smallest absolute Gasteiger partial charge is 0.0664 e. The maximum absolute atomic E-state index is 9.00. The van der Waals surface area contributed by atoms with Gasteiger partial charge in [0.05, 0.1) is 6.10 Å². The molecule has 0 amide bonds. The summed E-state index contributed by atoms with van der Waals surface area (Å²) in [4.78, 5) is 0. The number of alkyl halides is 1. The van der Waals surface area contributed by atoms with Crippen molar-refractivity contribution in [3.05, 3.63) is 12.3 Å². The summed E-state index contributed by atoms with van der Waals surface area (Å²) in [6.45, 7) is 0. The molecule has 0 aliphatic carbocycles. The van der Waals surface area contributed by atoms with Crippen molar-refractivity contribution in [2.24, 2.45) is 0 Å². The molecule has 0 radical (unpaired) electrons. The molecule has 0 bridgehead atoms. The highest BCUT2D eigenvalue weighted by Crippen LogP contribution is 1.96. The zero-order valence-electron chi connectivity index (χ0n) is 5.47. The molecule has 0 fully saturated rings. The Morgan fingerprint density at radius 1 is 1.78 bits per heavy atom. The molecule has 2 nitrogen and oxygen atoms in total. The van der Waals surface area contributed by atoms with Gasteiger partial charge in [-0.25, -0.2) is 0 Å². The first-order valence-corrected chi connectivity index (χ1v) is 4.40. The molecule has 2 N–H and O–H groups in total. The third kappa shape index (κ3) is 6.11. The molecule has 0 heterocycles. The van der Waals surface area contributed by atoms with E-state index in [0.717, 1.165) is 10.8 Å². The van der Waals surface area contributed by atoms with Gasteiger partial charge >= 0.3 is 0 Å². The Labute approximate surface area is 69.5 Å². The number of aliphatic hydroxyl groups is 1. The highest BCUT2D eigenvalue weighted by Gasteiger charge is 1.95. The average Bonchev–Trinajstić information content (AvgIpc) is 1.89. The Hall–Kier alpha value is 0.230. The van der Waals surface area contributed by atoms with Crippen molar-refractivity contribution in [3.63, 3.8) is 0 Å². The molecule has 0 saturated carbocycles. The second-order valence-corrected chi connectivity index (χ2v) is 2.62. The van der Waals surface area contributed by atoms with Crippen molar-refractivity contribution in [1.82, 2.24) is 5.32 Å². The number of halogens is 1. The van der Waals surface area contributed by atoms with Gasteiger partial charge in [-0.15, -0.1) is 0 Å². The van der Waals surface area contributed by atoms with E-state index in [1.165, 1.54) is 0 Å². The van der Waals surface area contributed by atoms with Crippen molar-refractivity contribution in [3.8, 4) is 0 Å². The second kappa shape index (κ2) is 6.35. The van der Waals surface area contributed by atoms with Crippen LogP contribution in [-0.2, 0) is 0 Å². The summed E-state index contributed by atoms with van der Waals surface area (Å²) < 4.78 is 0.797. The summed E-state index contributed by atoms with van der Waals surface area (Å²) in [5, 5.41) is 11.9. The van der Waals surface area contributed by atoms with Gasteiger partial charge in [-0.2, -0.15) is 0 Å². The topological polar surface area (TPSA) is 32.3 Å². The Kier molecular flexibility index (Phi) is 6.51. The molecule has 1 unspecified atom stereocenters. The fraction of sp³-hybridized carbons (Fsp3) is 0.667. The predicted octanol–water partition coefficient (Wildman–Crippen LogP) is 0.906. The molecule has 0 saturated heterocycles. The number of hydrogen-bond acceptors (Lipinski definition) is 2. The van der Waals surface area contributed by atoms with E-state index in [2.05, 4.69) is 27.9 Å². The molecule has 54 valence electrons. The van der Waals surface area contributed by atoms with Gasteiger partial charge in [0.25, 0.3) is 0 Å². The van der Waals surface area contributed by atoms with Gasteiger partial charge in [0, 0.05) is 11.5 Å². The van der Waals surface area contributed by atoms with Crippen LogP contribution in [0.5, 0.6) is 0 Å². The Morgan fingerprint density at radius 3 is 2.89 bits per heavy atom. The van der Waals surface area contributed by atoms with Gasteiger partial charge in [0.2, 0.25) is 0 Å². The van der Waals surface area contributed by atoms with E-state index >= 15 is 0 Å². The van der Waals surface area contributed by atoms with E-state index in [4.69, 9.17) is 5.11 Å². The van der Waals surface area contributed by atoms with Crippen molar-refractivity contribution >= 4 is 22.6 Å². The molecule has 9 heavy (non-hydrogen) atoms. The first-order valence-electron chi connectivity index (χ1n) is 2.87. The lowest BCUT2D eigenvalue weighted by molar-refractivity contribution is 0.206. The van der Waals surface area contributed by atoms with Crippen molar-refractivity contribution in [2.45, 2.75) is 12.5 Å². The average molecular weight is 241 g/mol. The van der Waals surface area contributed by atoms with Crippen LogP contribution in [0.2, 0.25) is 0 Å². The van der Waals surface area contributed by atoms with Crippen molar-refractivity contribution in [1.29, 1.82) is 0 Å². The summed E-state index contributed by atoms with van der Waals surface area (Å²) in [7, 11) is 1.84. The van der Waals surface area contributed by atoms with E-state index in [1.54, 1.807) is 0 Å². The lowest BCUT2D eigenvalue weighted by Crippen LogP contribution is -2.05. The van der Waals surface area contributed by atoms with E-state index in [9.17, 15) is 0 Å². The van der Waals surface area contributed by atoms with E-state index in [-0.39, 0.29) is 6.10 Å². The fourth-order valence-corrected chi connectivity index (χ4v) is 0.766. The number of nitrogens with one attached hydrogen (secondary N) is 1. The standard InChI is InChI=1S/C6H12INO/c1-8-4-2-3-6(9)5-7/h2,4,6,8-9H,3,5H2,1H3/b4-2+. The minimum absolute atomic E-state index is 0.185. The van der Waals surface area contributed by atoms with Gasteiger partial charge in [-0.1, -0.05) is 28.7 Å². The van der Waals surface area contributed by atoms with E-state index in [1.807, 2.05) is 19.3 Å². The summed E-state index contributed by atoms with van der Waals surface area (Å²) in [5.41, 5.74) is 0. The highest BCUT2D eigenvalue weighted by molar-refractivity contribution is 14.1. The predicted molar refractivity (Wildman–Crippen MR) is 47.7 cm³/mol. The molecule has 0 aliphatic rings. The lowest BCUT2D eigenvalue weighted by atomic mass is 10.3. The number of rotatable bonds is 4. The lowest BCUT2D eigenvalue weighted by Gasteiger charge is -1.99. The van der Waals surface area contributed by atoms with Crippen LogP contribution in [0.4, 0.5) is 0 Å². The van der Waals surface area contributed by atoms with E-state index in [0.29, 0.717) is 0 Å². The zero-order chi connectivity index (χ0) is 7.11. The van der Waals surface area contributed by atoms with E-state index < -0.39 is 0 Å². The van der Waals surface area contributed by atoms with Gasteiger partial charge in [-0.05, 0) is 12.6 Å². The summed E-state index contributed by atoms with van der Waals surface area (Å²) >= 11 is 2.16. The Bertz CT molecular complexity index is 85.1. The third-order valence-electron chi connectivity index (χ3n) is 0.871. The zero-order valence-corrected chi connectivity index (χ0v) is 7.63. The monoisotopic (exact) mass is 241 g/mol. The summed E-state index contributed by atoms with van der Waals surface area (Å²) in [6.07, 6.45) is 4.30. The van der Waals surface area contributed by atoms with Crippen LogP contribution in [0.1, 0.15) is 6.42 Å². The van der Waals surface area contributed by atoms with Crippen LogP contribution in [0.3, 0.4) is 0 Å². The Balaban J connectivity index is 3.15. The third-order valence-corrected chi connectivity index (χ3v) is 1.89. The molecular formula is C6H12INO. The first-order chi connectivity index (χ1) is 4.31. The SMILES string of the molecule is CN/C=C/CC(O)CI. The molecule has 0 aromatic heterocycles. The fourth-order valence-electron chi connectivity index (χ4n) is 0.406. The molecule has 0 aromatic carbocycles. The van der Waals surface area contributed by atoms with Gasteiger partial charge in [0.15, 0.2) is 0 Å². The first kappa shape index (κ1) is 9.23. The largest absolute Gasteiger partial charge is 0.394 e. The minimum atomic E-state index is -0.185.